The second-order valence-electron chi connectivity index (χ2n) is 5.38. The highest BCUT2D eigenvalue weighted by Gasteiger charge is 2.37. The second kappa shape index (κ2) is 6.54. The number of para-hydroxylation sites is 2. The van der Waals surface area contributed by atoms with Gasteiger partial charge in [-0.15, -0.1) is 0 Å². The average Bonchev–Trinajstić information content (AvgIpc) is 2.93. The van der Waals surface area contributed by atoms with Gasteiger partial charge in [-0.1, -0.05) is 30.3 Å². The molecule has 0 fully saturated rings. The summed E-state index contributed by atoms with van der Waals surface area (Å²) in [6.07, 6.45) is -4.69. The number of fused-ring (bicyclic) bond motifs is 1. The molecule has 0 spiro atoms. The lowest BCUT2D eigenvalue weighted by atomic mass is 10.2. The minimum absolute atomic E-state index is 0.112. The Morgan fingerprint density at radius 3 is 2.48 bits per heavy atom. The Balaban J connectivity index is 1.82. The fraction of sp³-hybridized carbons (Fsp3) is 0.176. The van der Waals surface area contributed by atoms with Crippen molar-refractivity contribution in [2.45, 2.75) is 19.3 Å². The normalized spacial score (nSPS) is 11.7. The monoisotopic (exact) mass is 351 g/mol. The number of benzene rings is 2. The molecule has 2 aromatic carbocycles. The van der Waals surface area contributed by atoms with Crippen LogP contribution in [0, 0.1) is 5.82 Å². The Morgan fingerprint density at radius 2 is 1.76 bits per heavy atom. The predicted octanol–water partition coefficient (Wildman–Crippen LogP) is 3.51. The molecular formula is C17H13F4N3O. The van der Waals surface area contributed by atoms with E-state index in [1.165, 1.54) is 30.3 Å². The number of halogens is 4. The lowest BCUT2D eigenvalue weighted by Crippen LogP contribution is -2.29. The van der Waals surface area contributed by atoms with Crippen LogP contribution in [0.15, 0.2) is 48.5 Å². The Morgan fingerprint density at radius 1 is 1.08 bits per heavy atom. The Kier molecular flexibility index (Phi) is 4.43. The first-order valence-electron chi connectivity index (χ1n) is 7.39. The minimum atomic E-state index is -4.69. The maximum absolute atomic E-state index is 13.5. The SMILES string of the molecule is O=C(Cn1c(C(F)(F)F)nc2ccccc21)NCc1ccccc1F. The summed E-state index contributed by atoms with van der Waals surface area (Å²) in [6, 6.07) is 11.9. The van der Waals surface area contributed by atoms with Crippen LogP contribution in [-0.4, -0.2) is 15.5 Å². The first-order chi connectivity index (χ1) is 11.9. The summed E-state index contributed by atoms with van der Waals surface area (Å²) >= 11 is 0. The molecule has 0 aliphatic heterocycles. The molecule has 1 N–H and O–H groups in total. The van der Waals surface area contributed by atoms with Crippen molar-refractivity contribution >= 4 is 16.9 Å². The van der Waals surface area contributed by atoms with Crippen LogP contribution >= 0.6 is 0 Å². The summed E-state index contributed by atoms with van der Waals surface area (Å²) in [5.74, 6) is -2.31. The van der Waals surface area contributed by atoms with E-state index in [0.717, 1.165) is 4.57 Å². The van der Waals surface area contributed by atoms with E-state index in [9.17, 15) is 22.4 Å². The number of alkyl halides is 3. The van der Waals surface area contributed by atoms with Gasteiger partial charge in [-0.3, -0.25) is 4.79 Å². The van der Waals surface area contributed by atoms with Crippen molar-refractivity contribution in [1.82, 2.24) is 14.9 Å². The van der Waals surface area contributed by atoms with E-state index >= 15 is 0 Å². The van der Waals surface area contributed by atoms with E-state index in [1.807, 2.05) is 0 Å². The summed E-state index contributed by atoms with van der Waals surface area (Å²) in [4.78, 5) is 15.6. The molecule has 0 saturated heterocycles. The van der Waals surface area contributed by atoms with Gasteiger partial charge in [0.15, 0.2) is 0 Å². The maximum atomic E-state index is 13.5. The van der Waals surface area contributed by atoms with Crippen molar-refractivity contribution in [2.24, 2.45) is 0 Å². The predicted molar refractivity (Wildman–Crippen MR) is 83.0 cm³/mol. The Hall–Kier alpha value is -2.90. The van der Waals surface area contributed by atoms with E-state index in [2.05, 4.69) is 10.3 Å². The molecule has 0 bridgehead atoms. The number of aromatic nitrogens is 2. The zero-order valence-corrected chi connectivity index (χ0v) is 12.8. The van der Waals surface area contributed by atoms with Gasteiger partial charge in [0.05, 0.1) is 11.0 Å². The molecule has 1 amide bonds. The third-order valence-electron chi connectivity index (χ3n) is 3.64. The Labute approximate surface area is 140 Å². The smallest absolute Gasteiger partial charge is 0.350 e. The van der Waals surface area contributed by atoms with Gasteiger partial charge in [0.25, 0.3) is 0 Å². The van der Waals surface area contributed by atoms with Crippen molar-refractivity contribution in [1.29, 1.82) is 0 Å². The zero-order valence-electron chi connectivity index (χ0n) is 12.8. The van der Waals surface area contributed by atoms with E-state index in [4.69, 9.17) is 0 Å². The van der Waals surface area contributed by atoms with Crippen LogP contribution in [0.5, 0.6) is 0 Å². The number of carbonyl (C=O) groups is 1. The summed E-state index contributed by atoms with van der Waals surface area (Å²) in [6.45, 7) is -0.677. The summed E-state index contributed by atoms with van der Waals surface area (Å²) < 4.78 is 53.9. The van der Waals surface area contributed by atoms with Crippen LogP contribution < -0.4 is 5.32 Å². The van der Waals surface area contributed by atoms with Gasteiger partial charge in [-0.2, -0.15) is 13.2 Å². The highest BCUT2D eigenvalue weighted by atomic mass is 19.4. The highest BCUT2D eigenvalue weighted by Crippen LogP contribution is 2.31. The van der Waals surface area contributed by atoms with Crippen molar-refractivity contribution < 1.29 is 22.4 Å². The van der Waals surface area contributed by atoms with Crippen molar-refractivity contribution in [3.05, 3.63) is 65.7 Å². The van der Waals surface area contributed by atoms with E-state index in [-0.39, 0.29) is 23.1 Å². The number of rotatable bonds is 4. The maximum Gasteiger partial charge on any atom is 0.449 e. The number of hydrogen-bond acceptors (Lipinski definition) is 2. The molecule has 8 heteroatoms. The summed E-state index contributed by atoms with van der Waals surface area (Å²) in [7, 11) is 0. The standard InChI is InChI=1S/C17H13F4N3O/c18-12-6-2-1-5-11(12)9-22-15(25)10-24-14-8-4-3-7-13(14)23-16(24)17(19,20)21/h1-8H,9-10H2,(H,22,25). The minimum Gasteiger partial charge on any atom is -0.350 e. The molecular weight excluding hydrogens is 338 g/mol. The summed E-state index contributed by atoms with van der Waals surface area (Å²) in [5.41, 5.74) is 0.606. The Bertz CT molecular complexity index is 918. The van der Waals surface area contributed by atoms with Crippen LogP contribution in [0.4, 0.5) is 17.6 Å². The molecule has 0 unspecified atom stereocenters. The zero-order chi connectivity index (χ0) is 18.0. The molecule has 4 nitrogen and oxygen atoms in total. The third-order valence-corrected chi connectivity index (χ3v) is 3.64. The molecule has 0 aliphatic carbocycles. The molecule has 3 rings (SSSR count). The number of nitrogens with one attached hydrogen (secondary N) is 1. The topological polar surface area (TPSA) is 46.9 Å². The van der Waals surface area contributed by atoms with Gasteiger partial charge in [0.1, 0.15) is 12.4 Å². The quantitative estimate of drug-likeness (QED) is 0.731. The molecule has 1 heterocycles. The van der Waals surface area contributed by atoms with Crippen LogP contribution in [0.3, 0.4) is 0 Å². The first-order valence-corrected chi connectivity index (χ1v) is 7.39. The number of hydrogen-bond donors (Lipinski definition) is 1. The van der Waals surface area contributed by atoms with Gasteiger partial charge in [-0.05, 0) is 18.2 Å². The average molecular weight is 351 g/mol. The molecule has 3 aromatic rings. The molecule has 0 saturated carbocycles. The van der Waals surface area contributed by atoms with Crippen LogP contribution in [0.1, 0.15) is 11.4 Å². The van der Waals surface area contributed by atoms with Crippen LogP contribution in [-0.2, 0) is 24.1 Å². The number of amides is 1. The van der Waals surface area contributed by atoms with Crippen LogP contribution in [0.2, 0.25) is 0 Å². The molecule has 1 aromatic heterocycles. The van der Waals surface area contributed by atoms with Gasteiger partial charge in [0, 0.05) is 12.1 Å². The molecule has 25 heavy (non-hydrogen) atoms. The highest BCUT2D eigenvalue weighted by molar-refractivity contribution is 5.81. The van der Waals surface area contributed by atoms with Crippen molar-refractivity contribution in [3.8, 4) is 0 Å². The number of imidazole rings is 1. The fourth-order valence-electron chi connectivity index (χ4n) is 2.49. The second-order valence-corrected chi connectivity index (χ2v) is 5.38. The third kappa shape index (κ3) is 3.62. The van der Waals surface area contributed by atoms with Gasteiger partial charge in [0.2, 0.25) is 11.7 Å². The fourth-order valence-corrected chi connectivity index (χ4v) is 2.49. The number of nitrogens with zero attached hydrogens (tertiary/aromatic N) is 2. The molecule has 0 aliphatic rings. The van der Waals surface area contributed by atoms with Crippen LogP contribution in [0.25, 0.3) is 11.0 Å². The largest absolute Gasteiger partial charge is 0.449 e. The van der Waals surface area contributed by atoms with Crippen molar-refractivity contribution in [2.75, 3.05) is 0 Å². The summed E-state index contributed by atoms with van der Waals surface area (Å²) in [5, 5.41) is 2.43. The van der Waals surface area contributed by atoms with Crippen molar-refractivity contribution in [3.63, 3.8) is 0 Å². The lowest BCUT2D eigenvalue weighted by Gasteiger charge is -2.12. The van der Waals surface area contributed by atoms with Gasteiger partial charge in [-0.25, -0.2) is 9.37 Å². The van der Waals surface area contributed by atoms with E-state index in [1.54, 1.807) is 18.2 Å². The van der Waals surface area contributed by atoms with Gasteiger partial charge < -0.3 is 9.88 Å². The lowest BCUT2D eigenvalue weighted by molar-refractivity contribution is -0.147. The molecule has 130 valence electrons. The molecule has 0 radical (unpaired) electrons. The van der Waals surface area contributed by atoms with E-state index in [0.29, 0.717) is 0 Å². The molecule has 0 atom stereocenters. The van der Waals surface area contributed by atoms with Gasteiger partial charge >= 0.3 is 6.18 Å². The number of carbonyl (C=O) groups excluding carboxylic acids is 1. The first kappa shape index (κ1) is 16.9. The van der Waals surface area contributed by atoms with E-state index < -0.39 is 30.3 Å².